The van der Waals surface area contributed by atoms with Gasteiger partial charge < -0.3 is 14.8 Å². The summed E-state index contributed by atoms with van der Waals surface area (Å²) < 4.78 is 2.22. The topological polar surface area (TPSA) is 54.3 Å². The van der Waals surface area contributed by atoms with Gasteiger partial charge in [0.2, 0.25) is 11.8 Å². The summed E-state index contributed by atoms with van der Waals surface area (Å²) in [5, 5.41) is 2.96. The summed E-state index contributed by atoms with van der Waals surface area (Å²) in [6.07, 6.45) is 4.75. The smallest absolute Gasteiger partial charge is 0.223 e. The Morgan fingerprint density at radius 3 is 2.65 bits per heavy atom. The zero-order valence-electron chi connectivity index (χ0n) is 15.1. The zero-order chi connectivity index (χ0) is 18.1. The van der Waals surface area contributed by atoms with E-state index in [9.17, 15) is 9.59 Å². The fraction of sp³-hybridized carbons (Fsp3) is 0.429. The molecule has 1 saturated carbocycles. The molecule has 0 unspecified atom stereocenters. The van der Waals surface area contributed by atoms with Gasteiger partial charge in [0.25, 0.3) is 0 Å². The number of hydrogen-bond acceptors (Lipinski definition) is 2. The van der Waals surface area contributed by atoms with Gasteiger partial charge in [0, 0.05) is 43.9 Å². The van der Waals surface area contributed by atoms with Crippen molar-refractivity contribution in [2.24, 2.45) is 0 Å². The first-order valence-electron chi connectivity index (χ1n) is 9.43. The van der Waals surface area contributed by atoms with Crippen LogP contribution in [0.4, 0.5) is 0 Å². The second kappa shape index (κ2) is 6.98. The lowest BCUT2D eigenvalue weighted by Crippen LogP contribution is -2.43. The highest BCUT2D eigenvalue weighted by molar-refractivity contribution is 5.84. The van der Waals surface area contributed by atoms with Gasteiger partial charge in [0.05, 0.1) is 6.04 Å². The van der Waals surface area contributed by atoms with Gasteiger partial charge in [0.15, 0.2) is 0 Å². The monoisotopic (exact) mass is 351 g/mol. The number of rotatable bonds is 5. The Morgan fingerprint density at radius 1 is 1.08 bits per heavy atom. The Balaban J connectivity index is 1.54. The van der Waals surface area contributed by atoms with E-state index in [-0.39, 0.29) is 30.7 Å². The van der Waals surface area contributed by atoms with Crippen LogP contribution >= 0.6 is 0 Å². The van der Waals surface area contributed by atoms with Crippen molar-refractivity contribution in [1.29, 1.82) is 0 Å². The van der Waals surface area contributed by atoms with Crippen molar-refractivity contribution in [2.45, 2.75) is 51.2 Å². The number of nitrogens with one attached hydrogen (secondary N) is 1. The number of aromatic nitrogens is 1. The minimum absolute atomic E-state index is 0.00586. The number of carbonyl (C=O) groups excluding carboxylic acids is 2. The van der Waals surface area contributed by atoms with Crippen LogP contribution in [-0.2, 0) is 16.1 Å². The van der Waals surface area contributed by atoms with E-state index in [1.165, 1.54) is 5.56 Å². The molecule has 1 fully saturated rings. The molecule has 0 saturated heterocycles. The Hall–Kier alpha value is -2.56. The van der Waals surface area contributed by atoms with Crippen LogP contribution < -0.4 is 5.32 Å². The molecule has 1 aromatic carbocycles. The van der Waals surface area contributed by atoms with Crippen LogP contribution in [0.2, 0.25) is 0 Å². The number of carbonyl (C=O) groups is 2. The maximum atomic E-state index is 13.0. The molecule has 2 aromatic rings. The molecular formula is C21H25N3O2. The van der Waals surface area contributed by atoms with Gasteiger partial charge in [-0.15, -0.1) is 0 Å². The molecule has 0 bridgehead atoms. The van der Waals surface area contributed by atoms with Crippen LogP contribution in [0.25, 0.3) is 0 Å². The number of fused-ring (bicyclic) bond motifs is 1. The molecule has 1 atom stereocenters. The van der Waals surface area contributed by atoms with Gasteiger partial charge in [-0.05, 0) is 43.0 Å². The van der Waals surface area contributed by atoms with Crippen molar-refractivity contribution < 1.29 is 9.59 Å². The van der Waals surface area contributed by atoms with Gasteiger partial charge in [-0.2, -0.15) is 0 Å². The number of nitrogens with zero attached hydrogens (tertiary/aromatic N) is 2. The zero-order valence-corrected chi connectivity index (χ0v) is 15.1. The van der Waals surface area contributed by atoms with Crippen LogP contribution in [0.1, 0.15) is 48.5 Å². The van der Waals surface area contributed by atoms with Crippen LogP contribution in [0.15, 0.2) is 42.6 Å². The molecule has 5 nitrogen and oxygen atoms in total. The largest absolute Gasteiger partial charge is 0.353 e. The highest BCUT2D eigenvalue weighted by Gasteiger charge is 2.33. The summed E-state index contributed by atoms with van der Waals surface area (Å²) in [7, 11) is 0. The maximum absolute atomic E-state index is 13.0. The molecule has 0 spiro atoms. The van der Waals surface area contributed by atoms with Crippen molar-refractivity contribution in [3.63, 3.8) is 0 Å². The first-order chi connectivity index (χ1) is 12.6. The third-order valence-electron chi connectivity index (χ3n) is 5.35. The number of hydrogen-bond donors (Lipinski definition) is 1. The minimum Gasteiger partial charge on any atom is -0.353 e. The molecule has 2 heterocycles. The second-order valence-electron chi connectivity index (χ2n) is 7.31. The third-order valence-corrected chi connectivity index (χ3v) is 5.35. The Kier molecular flexibility index (Phi) is 4.53. The fourth-order valence-corrected chi connectivity index (χ4v) is 3.76. The highest BCUT2D eigenvalue weighted by atomic mass is 16.2. The molecular weight excluding hydrogens is 326 g/mol. The van der Waals surface area contributed by atoms with Crippen molar-refractivity contribution in [3.8, 4) is 0 Å². The van der Waals surface area contributed by atoms with E-state index >= 15 is 0 Å². The van der Waals surface area contributed by atoms with E-state index in [4.69, 9.17) is 0 Å². The summed E-state index contributed by atoms with van der Waals surface area (Å²) >= 11 is 0. The average Bonchev–Trinajstić information content (AvgIpc) is 3.31. The molecule has 2 aliphatic rings. The molecule has 1 aromatic heterocycles. The summed E-state index contributed by atoms with van der Waals surface area (Å²) in [5.74, 6) is 0.0466. The van der Waals surface area contributed by atoms with E-state index < -0.39 is 0 Å². The fourth-order valence-electron chi connectivity index (χ4n) is 3.76. The number of benzene rings is 1. The van der Waals surface area contributed by atoms with Crippen LogP contribution in [0.5, 0.6) is 0 Å². The first-order valence-corrected chi connectivity index (χ1v) is 9.43. The molecule has 0 radical (unpaired) electrons. The van der Waals surface area contributed by atoms with Crippen molar-refractivity contribution >= 4 is 11.8 Å². The lowest BCUT2D eigenvalue weighted by molar-refractivity contribution is -0.136. The third kappa shape index (κ3) is 3.39. The van der Waals surface area contributed by atoms with E-state index in [0.29, 0.717) is 12.6 Å². The summed E-state index contributed by atoms with van der Waals surface area (Å²) in [4.78, 5) is 26.9. The van der Waals surface area contributed by atoms with E-state index in [1.807, 2.05) is 23.1 Å². The Labute approximate surface area is 154 Å². The first kappa shape index (κ1) is 16.9. The van der Waals surface area contributed by atoms with E-state index in [1.54, 1.807) is 0 Å². The van der Waals surface area contributed by atoms with E-state index in [2.05, 4.69) is 41.2 Å². The highest BCUT2D eigenvalue weighted by Crippen LogP contribution is 2.34. The van der Waals surface area contributed by atoms with E-state index in [0.717, 1.165) is 30.6 Å². The average molecular weight is 351 g/mol. The molecule has 2 amide bonds. The molecule has 26 heavy (non-hydrogen) atoms. The van der Waals surface area contributed by atoms with Gasteiger partial charge in [-0.3, -0.25) is 9.59 Å². The van der Waals surface area contributed by atoms with Gasteiger partial charge in [-0.25, -0.2) is 0 Å². The number of aryl methyl sites for hydroxylation is 1. The van der Waals surface area contributed by atoms with Crippen molar-refractivity contribution in [2.75, 3.05) is 6.54 Å². The molecule has 5 heteroatoms. The molecule has 1 aliphatic carbocycles. The van der Waals surface area contributed by atoms with Crippen molar-refractivity contribution in [1.82, 2.24) is 14.8 Å². The summed E-state index contributed by atoms with van der Waals surface area (Å²) in [6.45, 7) is 3.55. The predicted octanol–water partition coefficient (Wildman–Crippen LogP) is 2.79. The lowest BCUT2D eigenvalue weighted by atomic mass is 9.95. The lowest BCUT2D eigenvalue weighted by Gasteiger charge is -2.38. The predicted molar refractivity (Wildman–Crippen MR) is 99.6 cm³/mol. The second-order valence-corrected chi connectivity index (χ2v) is 7.31. The quantitative estimate of drug-likeness (QED) is 0.901. The standard InChI is InChI=1S/C21H25N3O2/c1-15-5-2-3-6-17(15)21-18-7-4-12-23(18)13-14-24(21)20(26)11-10-19(25)22-16-8-9-16/h2-7,12,16,21H,8-11,13-14H2,1H3,(H,22,25)/t21-/m0/s1. The van der Waals surface area contributed by atoms with Gasteiger partial charge in [-0.1, -0.05) is 24.3 Å². The van der Waals surface area contributed by atoms with Crippen LogP contribution in [0.3, 0.4) is 0 Å². The van der Waals surface area contributed by atoms with Crippen molar-refractivity contribution in [3.05, 3.63) is 59.4 Å². The molecule has 136 valence electrons. The van der Waals surface area contributed by atoms with Crippen LogP contribution in [-0.4, -0.2) is 33.9 Å². The summed E-state index contributed by atoms with van der Waals surface area (Å²) in [6, 6.07) is 12.6. The SMILES string of the molecule is Cc1ccccc1[C@H]1c2cccn2CCN1C(=O)CCC(=O)NC1CC1. The Bertz CT molecular complexity index is 822. The van der Waals surface area contributed by atoms with Gasteiger partial charge >= 0.3 is 0 Å². The maximum Gasteiger partial charge on any atom is 0.223 e. The number of amides is 2. The molecule has 4 rings (SSSR count). The van der Waals surface area contributed by atoms with Gasteiger partial charge in [0.1, 0.15) is 0 Å². The normalized spacial score (nSPS) is 19.1. The molecule has 1 aliphatic heterocycles. The summed E-state index contributed by atoms with van der Waals surface area (Å²) in [5.41, 5.74) is 3.47. The van der Waals surface area contributed by atoms with Crippen LogP contribution in [0, 0.1) is 6.92 Å². The Morgan fingerprint density at radius 2 is 1.88 bits per heavy atom. The minimum atomic E-state index is -0.0843. The molecule has 1 N–H and O–H groups in total.